The molecule has 5 aromatic rings. The number of piperazine rings is 1. The lowest BCUT2D eigenvalue weighted by Crippen LogP contribution is -2.61. The standard InChI is InChI=1S/C53H66FN9O8S/c1-34(2)40-6-4-5-7-41(40)47-33-61(36-12-22-70-23-13-36)20-21-62(47)37-27-53(28-37)16-18-60(19-17-53)49-26-48(71-38-24-42-44(54)32-58-50(42)57-30-38)43(31-56-49)51(64)59-72(68,69)39-8-9-45(46(25-39)63(66)67)55-29-35-10-14-52(3,65)15-11-35/h4-9,24-26,30-32,34-37,47,55,65H,10-23,27-29,33H2,1-3H3,(H,57,58)(H,59,64). The molecule has 72 heavy (non-hydrogen) atoms. The quantitative estimate of drug-likeness (QED) is 0.0607. The first-order valence-electron chi connectivity index (χ1n) is 25.6. The number of ether oxygens (including phenoxy) is 2. The van der Waals surface area contributed by atoms with E-state index in [2.05, 4.69) is 77.8 Å². The molecule has 3 saturated heterocycles. The summed E-state index contributed by atoms with van der Waals surface area (Å²) < 4.78 is 56.4. The van der Waals surface area contributed by atoms with Gasteiger partial charge in [-0.2, -0.15) is 0 Å². The summed E-state index contributed by atoms with van der Waals surface area (Å²) in [6, 6.07) is 16.8. The van der Waals surface area contributed by atoms with Crippen LogP contribution >= 0.6 is 0 Å². The number of sulfonamides is 1. The molecule has 1 atom stereocenters. The van der Waals surface area contributed by atoms with E-state index < -0.39 is 42.9 Å². The zero-order chi connectivity index (χ0) is 50.4. The van der Waals surface area contributed by atoms with E-state index in [1.54, 1.807) is 13.0 Å². The molecule has 0 bridgehead atoms. The summed E-state index contributed by atoms with van der Waals surface area (Å²) in [6.45, 7) is 13.0. The monoisotopic (exact) mass is 1010 g/mol. The van der Waals surface area contributed by atoms with Crippen molar-refractivity contribution < 1.29 is 37.1 Å². The average molecular weight is 1010 g/mol. The van der Waals surface area contributed by atoms with E-state index in [4.69, 9.17) is 9.47 Å². The normalized spacial score (nSPS) is 23.6. The number of amides is 1. The third-order valence-electron chi connectivity index (χ3n) is 16.3. The fourth-order valence-corrected chi connectivity index (χ4v) is 13.0. The number of carbonyl (C=O) groups excluding carboxylic acids is 1. The molecule has 384 valence electrons. The van der Waals surface area contributed by atoms with E-state index in [1.807, 2.05) is 0 Å². The molecule has 1 unspecified atom stereocenters. The molecule has 5 aliphatic rings. The number of pyridine rings is 2. The van der Waals surface area contributed by atoms with E-state index in [0.717, 1.165) is 90.3 Å². The Morgan fingerprint density at radius 2 is 1.74 bits per heavy atom. The molecule has 2 saturated carbocycles. The van der Waals surface area contributed by atoms with Gasteiger partial charge in [0.25, 0.3) is 21.6 Å². The number of fused-ring (bicyclic) bond motifs is 1. The third-order valence-corrected chi connectivity index (χ3v) is 17.7. The van der Waals surface area contributed by atoms with Crippen LogP contribution in [0.15, 0.2) is 78.1 Å². The number of piperidine rings is 1. The van der Waals surface area contributed by atoms with Crippen LogP contribution in [0.3, 0.4) is 0 Å². The number of halogens is 1. The summed E-state index contributed by atoms with van der Waals surface area (Å²) in [5.41, 5.74) is 2.08. The smallest absolute Gasteiger partial charge is 0.293 e. The largest absolute Gasteiger partial charge is 0.455 e. The maximum Gasteiger partial charge on any atom is 0.293 e. The van der Waals surface area contributed by atoms with Crippen LogP contribution in [-0.2, 0) is 14.8 Å². The lowest BCUT2D eigenvalue weighted by atomic mass is 9.59. The molecular weight excluding hydrogens is 942 g/mol. The number of aliphatic hydroxyl groups is 1. The Bertz CT molecular complexity index is 2900. The first-order chi connectivity index (χ1) is 34.5. The van der Waals surface area contributed by atoms with Gasteiger partial charge in [-0.05, 0) is 118 Å². The summed E-state index contributed by atoms with van der Waals surface area (Å²) in [5.74, 6) is -0.418. The Hall–Kier alpha value is -5.73. The van der Waals surface area contributed by atoms with Gasteiger partial charge in [0.15, 0.2) is 0 Å². The second-order valence-corrected chi connectivity index (χ2v) is 23.1. The number of hydrogen-bond acceptors (Lipinski definition) is 14. The highest BCUT2D eigenvalue weighted by molar-refractivity contribution is 7.90. The minimum absolute atomic E-state index is 0.0313. The van der Waals surface area contributed by atoms with E-state index in [9.17, 15) is 32.8 Å². The molecule has 1 spiro atoms. The van der Waals surface area contributed by atoms with Crippen LogP contribution in [0.4, 0.5) is 21.6 Å². The summed E-state index contributed by atoms with van der Waals surface area (Å²) in [5, 5.41) is 25.8. The Morgan fingerprint density at radius 3 is 2.47 bits per heavy atom. The lowest BCUT2D eigenvalue weighted by Gasteiger charge is -2.59. The molecule has 17 nitrogen and oxygen atoms in total. The number of carbonyl (C=O) groups is 1. The minimum atomic E-state index is -4.66. The van der Waals surface area contributed by atoms with Crippen molar-refractivity contribution in [2.45, 2.75) is 120 Å². The van der Waals surface area contributed by atoms with Gasteiger partial charge in [-0.15, -0.1) is 0 Å². The van der Waals surface area contributed by atoms with Gasteiger partial charge in [0.1, 0.15) is 40.0 Å². The number of nitrogens with one attached hydrogen (secondary N) is 3. The summed E-state index contributed by atoms with van der Waals surface area (Å²) in [6.07, 6.45) is 12.8. The van der Waals surface area contributed by atoms with Crippen LogP contribution in [0, 0.1) is 27.3 Å². The molecule has 1 amide bonds. The summed E-state index contributed by atoms with van der Waals surface area (Å²) in [7, 11) is -4.66. The van der Waals surface area contributed by atoms with Gasteiger partial charge < -0.3 is 29.8 Å². The zero-order valence-corrected chi connectivity index (χ0v) is 42.1. The molecule has 2 aliphatic carbocycles. The minimum Gasteiger partial charge on any atom is -0.455 e. The van der Waals surface area contributed by atoms with E-state index in [1.165, 1.54) is 47.9 Å². The number of nitrogens with zero attached hydrogens (tertiary/aromatic N) is 6. The number of rotatable bonds is 14. The lowest BCUT2D eigenvalue weighted by molar-refractivity contribution is -0.384. The fraction of sp³-hybridized carbons (Fsp3) is 0.528. The van der Waals surface area contributed by atoms with Gasteiger partial charge in [-0.25, -0.2) is 27.5 Å². The molecule has 6 heterocycles. The SMILES string of the molecule is CC(C)c1ccccc1C1CN(C2CCOCC2)CCN1C1CC2(CCN(c3cc(Oc4cnc5[nH]cc(F)c5c4)c(C(=O)NS(=O)(=O)c4ccc(NCC5CCC(C)(O)CC5)c([N+](=O)[O-])c4)cn3)CC2)C1. The van der Waals surface area contributed by atoms with Crippen molar-refractivity contribution in [3.63, 3.8) is 0 Å². The predicted octanol–water partition coefficient (Wildman–Crippen LogP) is 8.68. The number of nitro groups is 1. The molecule has 4 N–H and O–H groups in total. The van der Waals surface area contributed by atoms with Gasteiger partial charge in [0, 0.05) is 95.1 Å². The molecule has 3 aromatic heterocycles. The highest BCUT2D eigenvalue weighted by Crippen LogP contribution is 2.53. The van der Waals surface area contributed by atoms with E-state index in [-0.39, 0.29) is 39.5 Å². The van der Waals surface area contributed by atoms with Crippen molar-refractivity contribution in [3.8, 4) is 11.5 Å². The number of anilines is 2. The van der Waals surface area contributed by atoms with Crippen LogP contribution in [-0.4, -0.2) is 119 Å². The average Bonchev–Trinajstić information content (AvgIpc) is 3.74. The van der Waals surface area contributed by atoms with Crippen molar-refractivity contribution >= 4 is 44.2 Å². The second-order valence-electron chi connectivity index (χ2n) is 21.5. The van der Waals surface area contributed by atoms with Crippen molar-refractivity contribution in [3.05, 3.63) is 106 Å². The molecule has 5 fully saturated rings. The number of hydrogen-bond donors (Lipinski definition) is 4. The van der Waals surface area contributed by atoms with Crippen molar-refractivity contribution in [2.75, 3.05) is 62.7 Å². The zero-order valence-electron chi connectivity index (χ0n) is 41.3. The van der Waals surface area contributed by atoms with E-state index in [0.29, 0.717) is 68.0 Å². The van der Waals surface area contributed by atoms with Gasteiger partial charge in [-0.1, -0.05) is 38.1 Å². The number of aromatic amines is 1. The van der Waals surface area contributed by atoms with Gasteiger partial charge in [0.05, 0.1) is 27.0 Å². The van der Waals surface area contributed by atoms with Crippen molar-refractivity contribution in [1.29, 1.82) is 0 Å². The van der Waals surface area contributed by atoms with E-state index >= 15 is 0 Å². The van der Waals surface area contributed by atoms with Gasteiger partial charge in [-0.3, -0.25) is 24.7 Å². The van der Waals surface area contributed by atoms with Gasteiger partial charge >= 0.3 is 0 Å². The number of benzene rings is 2. The Labute approximate surface area is 420 Å². The molecule has 10 rings (SSSR count). The summed E-state index contributed by atoms with van der Waals surface area (Å²) in [4.78, 5) is 44.5. The molecule has 3 aliphatic heterocycles. The maximum atomic E-state index is 14.7. The Morgan fingerprint density at radius 1 is 0.986 bits per heavy atom. The summed E-state index contributed by atoms with van der Waals surface area (Å²) >= 11 is 0. The second kappa shape index (κ2) is 20.3. The Balaban J connectivity index is 0.842. The number of nitro benzene ring substituents is 1. The Kier molecular flexibility index (Phi) is 14.0. The molecule has 0 radical (unpaired) electrons. The molecule has 2 aromatic carbocycles. The van der Waals surface area contributed by atoms with Crippen molar-refractivity contribution in [1.82, 2.24) is 29.5 Å². The number of aromatic nitrogens is 3. The highest BCUT2D eigenvalue weighted by atomic mass is 32.2. The molecule has 19 heteroatoms. The van der Waals surface area contributed by atoms with Crippen LogP contribution in [0.1, 0.15) is 118 Å². The predicted molar refractivity (Wildman–Crippen MR) is 271 cm³/mol. The first-order valence-corrected chi connectivity index (χ1v) is 27.1. The third kappa shape index (κ3) is 10.5. The molecular formula is C53H66FN9O8S. The fourth-order valence-electron chi connectivity index (χ4n) is 12.0. The first kappa shape index (κ1) is 49.8. The van der Waals surface area contributed by atoms with Crippen molar-refractivity contribution in [2.24, 2.45) is 11.3 Å². The topological polar surface area (TPSA) is 208 Å². The highest BCUT2D eigenvalue weighted by Gasteiger charge is 2.50. The number of H-pyrrole nitrogens is 1. The maximum absolute atomic E-state index is 14.7. The van der Waals surface area contributed by atoms with Crippen LogP contribution in [0.2, 0.25) is 0 Å². The van der Waals surface area contributed by atoms with Gasteiger partial charge in [0.2, 0.25) is 0 Å². The van der Waals surface area contributed by atoms with Crippen LogP contribution in [0.5, 0.6) is 11.5 Å². The van der Waals surface area contributed by atoms with Crippen LogP contribution in [0.25, 0.3) is 11.0 Å². The van der Waals surface area contributed by atoms with Crippen LogP contribution < -0.4 is 19.7 Å².